The Balaban J connectivity index is 0.000000381. The molecule has 0 fully saturated rings. The molecule has 0 atom stereocenters. The van der Waals surface area contributed by atoms with E-state index in [4.69, 9.17) is 11.8 Å². The second-order valence-corrected chi connectivity index (χ2v) is 23.1. The van der Waals surface area contributed by atoms with Gasteiger partial charge >= 0.3 is 281 Å². The Morgan fingerprint density at radius 2 is 0.395 bits per heavy atom. The molecule has 0 N–H and O–H groups in total. The molecule has 6 heteroatoms. The van der Waals surface area contributed by atoms with Crippen molar-refractivity contribution in [3.8, 4) is 0 Å². The van der Waals surface area contributed by atoms with Crippen molar-refractivity contribution >= 4 is 61.0 Å². The van der Waals surface area contributed by atoms with Gasteiger partial charge in [0.2, 0.25) is 0 Å². The van der Waals surface area contributed by atoms with E-state index in [0.29, 0.717) is 0 Å². The number of hydrogen-bond donors (Lipinski definition) is 0. The minimum atomic E-state index is -1.98. The third-order valence-electron chi connectivity index (χ3n) is 6.37. The van der Waals surface area contributed by atoms with Crippen molar-refractivity contribution in [2.24, 2.45) is 0 Å². The van der Waals surface area contributed by atoms with Gasteiger partial charge in [-0.05, 0) is 0 Å². The van der Waals surface area contributed by atoms with Gasteiger partial charge in [-0.15, -0.1) is 0 Å². The summed E-state index contributed by atoms with van der Waals surface area (Å²) in [7, 11) is 0. The van der Waals surface area contributed by atoms with Gasteiger partial charge in [-0.25, -0.2) is 0 Å². The molecule has 0 amide bonds. The van der Waals surface area contributed by atoms with Crippen LogP contribution in [0.5, 0.6) is 0 Å². The summed E-state index contributed by atoms with van der Waals surface area (Å²) in [4.78, 5) is 0. The molecule has 0 bridgehead atoms. The van der Waals surface area contributed by atoms with Crippen LogP contribution in [0.4, 0.5) is 0 Å². The SMILES string of the molecule is [C-]#N.[Cu].[Li+].[Li+].c1cc[c]([Sn]([c]2ccccc2)[c]2ccccc2)cc1.c1cc[c]([Sn]([c]2ccccc2)[c]2ccccc2)cc1. The fourth-order valence-electron chi connectivity index (χ4n) is 4.63. The van der Waals surface area contributed by atoms with Crippen molar-refractivity contribution < 1.29 is 54.8 Å². The molecule has 0 saturated carbocycles. The molecule has 6 rings (SSSR count). The standard InChI is InChI=1S/6C6H5.CN.Cu.2Li.2Sn/c6*1-2-4-6-5-3-1;1-2;;;;;/h6*1-5H;;;;;;/q;;;;;;-1;;2*+1;;. The summed E-state index contributed by atoms with van der Waals surface area (Å²) in [5, 5.41) is 6.25. The molecule has 203 valence electrons. The Labute approximate surface area is 306 Å². The summed E-state index contributed by atoms with van der Waals surface area (Å²) in [6.45, 7) is 4.75. The van der Waals surface area contributed by atoms with Crippen LogP contribution in [0.15, 0.2) is 182 Å². The maximum atomic E-state index is 6.25. The molecule has 0 spiro atoms. The first-order valence-electron chi connectivity index (χ1n) is 13.2. The Morgan fingerprint density at radius 3 is 0.512 bits per heavy atom. The van der Waals surface area contributed by atoms with E-state index >= 15 is 0 Å². The van der Waals surface area contributed by atoms with Crippen LogP contribution in [-0.2, 0) is 17.1 Å². The van der Waals surface area contributed by atoms with E-state index in [2.05, 4.69) is 182 Å². The maximum absolute atomic E-state index is 6.25. The summed E-state index contributed by atoms with van der Waals surface area (Å²) in [5.74, 6) is 0. The zero-order chi connectivity index (χ0) is 27.8. The van der Waals surface area contributed by atoms with E-state index < -0.39 is 39.5 Å². The van der Waals surface area contributed by atoms with Crippen molar-refractivity contribution in [1.82, 2.24) is 0 Å². The van der Waals surface area contributed by atoms with Gasteiger partial charge in [0.1, 0.15) is 0 Å². The predicted molar refractivity (Wildman–Crippen MR) is 173 cm³/mol. The first-order chi connectivity index (χ1) is 19.9. The Morgan fingerprint density at radius 1 is 0.279 bits per heavy atom. The average molecular weight is 804 g/mol. The quantitative estimate of drug-likeness (QED) is 0.149. The molecule has 0 aliphatic rings. The summed E-state index contributed by atoms with van der Waals surface area (Å²) >= 11 is -3.96. The van der Waals surface area contributed by atoms with Crippen molar-refractivity contribution in [3.63, 3.8) is 0 Å². The van der Waals surface area contributed by atoms with Gasteiger partial charge in [0.05, 0.1) is 0 Å². The molecular weight excluding hydrogens is 773 g/mol. The second-order valence-electron chi connectivity index (χ2n) is 8.95. The summed E-state index contributed by atoms with van der Waals surface area (Å²) in [6.07, 6.45) is 0. The molecule has 6 aromatic carbocycles. The Bertz CT molecular complexity index is 1240. The van der Waals surface area contributed by atoms with Crippen LogP contribution in [-0.4, -0.2) is 39.5 Å². The molecule has 0 aromatic heterocycles. The van der Waals surface area contributed by atoms with Crippen molar-refractivity contribution in [2.75, 3.05) is 0 Å². The van der Waals surface area contributed by atoms with Gasteiger partial charge in [-0.2, -0.15) is 0 Å². The number of hydrogen-bond acceptors (Lipinski definition) is 1. The predicted octanol–water partition coefficient (Wildman–Crippen LogP) is -1.49. The Hall–Kier alpha value is -1.88. The molecule has 1 nitrogen and oxygen atoms in total. The zero-order valence-corrected chi connectivity index (χ0v) is 31.2. The van der Waals surface area contributed by atoms with E-state index in [1.165, 1.54) is 21.5 Å². The minimum absolute atomic E-state index is 0. The molecule has 0 saturated heterocycles. The normalized spacial score (nSPS) is 9.40. The van der Waals surface area contributed by atoms with Crippen molar-refractivity contribution in [1.29, 1.82) is 5.26 Å². The van der Waals surface area contributed by atoms with Crippen molar-refractivity contribution in [3.05, 3.63) is 189 Å². The van der Waals surface area contributed by atoms with Gasteiger partial charge in [0, 0.05) is 17.1 Å². The first kappa shape index (κ1) is 39.1. The zero-order valence-electron chi connectivity index (χ0n) is 24.6. The van der Waals surface area contributed by atoms with Gasteiger partial charge in [-0.3, -0.25) is 0 Å². The number of nitrogens with zero attached hydrogens (tertiary/aromatic N) is 1. The summed E-state index contributed by atoms with van der Waals surface area (Å²) in [5.41, 5.74) is 0. The molecule has 0 aliphatic heterocycles. The Kier molecular flexibility index (Phi) is 20.6. The molecule has 6 aromatic rings. The summed E-state index contributed by atoms with van der Waals surface area (Å²) < 4.78 is 9.18. The van der Waals surface area contributed by atoms with Gasteiger partial charge < -0.3 is 11.8 Å². The fraction of sp³-hybridized carbons (Fsp3) is 0. The third kappa shape index (κ3) is 11.9. The molecule has 3 radical (unpaired) electrons. The molecular formula is C37H30CuLi2NSn2+. The van der Waals surface area contributed by atoms with Crippen LogP contribution in [0.3, 0.4) is 0 Å². The van der Waals surface area contributed by atoms with E-state index in [1.54, 1.807) is 0 Å². The van der Waals surface area contributed by atoms with E-state index in [1.807, 2.05) is 0 Å². The van der Waals surface area contributed by atoms with Crippen LogP contribution in [0, 0.1) is 11.8 Å². The van der Waals surface area contributed by atoms with Gasteiger partial charge in [-0.1, -0.05) is 0 Å². The molecule has 43 heavy (non-hydrogen) atoms. The van der Waals surface area contributed by atoms with Gasteiger partial charge in [0.15, 0.2) is 0 Å². The average Bonchev–Trinajstić information content (AvgIpc) is 3.06. The van der Waals surface area contributed by atoms with E-state index in [-0.39, 0.29) is 54.8 Å². The fourth-order valence-corrected chi connectivity index (χ4v) is 19.3. The van der Waals surface area contributed by atoms with Crippen LogP contribution in [0.2, 0.25) is 0 Å². The third-order valence-corrected chi connectivity index (χ3v) is 22.0. The summed E-state index contributed by atoms with van der Waals surface area (Å²) in [6, 6.07) is 65.9. The molecule has 0 aliphatic carbocycles. The first-order valence-corrected chi connectivity index (χ1v) is 21.8. The van der Waals surface area contributed by atoms with E-state index in [9.17, 15) is 0 Å². The van der Waals surface area contributed by atoms with Crippen LogP contribution in [0.1, 0.15) is 0 Å². The number of rotatable bonds is 6. The van der Waals surface area contributed by atoms with E-state index in [0.717, 1.165) is 0 Å². The van der Waals surface area contributed by atoms with Gasteiger partial charge in [0.25, 0.3) is 0 Å². The van der Waals surface area contributed by atoms with Crippen molar-refractivity contribution in [2.45, 2.75) is 0 Å². The molecule has 0 unspecified atom stereocenters. The monoisotopic (exact) mass is 805 g/mol. The topological polar surface area (TPSA) is 23.8 Å². The second kappa shape index (κ2) is 22.6. The van der Waals surface area contributed by atoms with Crippen LogP contribution < -0.4 is 59.2 Å². The van der Waals surface area contributed by atoms with Crippen LogP contribution in [0.25, 0.3) is 0 Å². The van der Waals surface area contributed by atoms with Crippen LogP contribution >= 0.6 is 0 Å². The number of benzene rings is 6. The molecule has 0 heterocycles.